The Balaban J connectivity index is 1.56. The molecule has 0 unspecified atom stereocenters. The van der Waals surface area contributed by atoms with E-state index in [4.69, 9.17) is 0 Å². The lowest BCUT2D eigenvalue weighted by Gasteiger charge is -2.37. The molecule has 9 heteroatoms. The van der Waals surface area contributed by atoms with Crippen molar-refractivity contribution in [1.29, 1.82) is 0 Å². The molecule has 0 radical (unpaired) electrons. The first kappa shape index (κ1) is 31.6. The quantitative estimate of drug-likeness (QED) is 0.141. The number of amides is 2. The smallest absolute Gasteiger partial charge is 0.320 e. The SMILES string of the molecule is Cc1nc(NC(=O)N[C@@H](c2ccccc2)C(C)(C)O)cc2c1c(C(F)F)nn2C(c1ccccc1)(c1ccccc1)c1ccccc1. The Labute approximate surface area is 271 Å². The van der Waals surface area contributed by atoms with Crippen LogP contribution < -0.4 is 10.6 Å². The average molecular weight is 632 g/mol. The van der Waals surface area contributed by atoms with Crippen LogP contribution in [0, 0.1) is 6.92 Å². The van der Waals surface area contributed by atoms with E-state index in [0.29, 0.717) is 11.1 Å². The van der Waals surface area contributed by atoms with E-state index < -0.39 is 35.3 Å². The summed E-state index contributed by atoms with van der Waals surface area (Å²) in [6, 6.07) is 38.2. The number of fused-ring (bicyclic) bond motifs is 1. The Morgan fingerprint density at radius 2 is 1.26 bits per heavy atom. The van der Waals surface area contributed by atoms with E-state index in [-0.39, 0.29) is 16.9 Å². The minimum atomic E-state index is -2.89. The summed E-state index contributed by atoms with van der Waals surface area (Å²) in [6.07, 6.45) is -2.89. The first-order valence-corrected chi connectivity index (χ1v) is 15.3. The number of pyridine rings is 1. The zero-order chi connectivity index (χ0) is 33.2. The zero-order valence-electron chi connectivity index (χ0n) is 26.2. The van der Waals surface area contributed by atoms with Gasteiger partial charge in [-0.1, -0.05) is 121 Å². The number of aromatic nitrogens is 3. The molecule has 4 aromatic carbocycles. The van der Waals surface area contributed by atoms with Gasteiger partial charge in [0.25, 0.3) is 6.43 Å². The fraction of sp³-hybridized carbons (Fsp3) is 0.184. The second kappa shape index (κ2) is 12.8. The summed E-state index contributed by atoms with van der Waals surface area (Å²) in [4.78, 5) is 18.0. The van der Waals surface area contributed by atoms with Gasteiger partial charge in [0.2, 0.25) is 0 Å². The Morgan fingerprint density at radius 3 is 1.70 bits per heavy atom. The maximum absolute atomic E-state index is 14.8. The van der Waals surface area contributed by atoms with E-state index in [2.05, 4.69) is 20.7 Å². The third kappa shape index (κ3) is 5.97. The second-order valence-electron chi connectivity index (χ2n) is 12.0. The zero-order valence-corrected chi connectivity index (χ0v) is 26.2. The molecule has 6 rings (SSSR count). The lowest BCUT2D eigenvalue weighted by Crippen LogP contribution is -2.44. The summed E-state index contributed by atoms with van der Waals surface area (Å²) in [5.74, 6) is 0.139. The number of nitrogens with zero attached hydrogens (tertiary/aromatic N) is 3. The second-order valence-corrected chi connectivity index (χ2v) is 12.0. The van der Waals surface area contributed by atoms with Crippen molar-refractivity contribution in [3.8, 4) is 0 Å². The van der Waals surface area contributed by atoms with Gasteiger partial charge in [0, 0.05) is 6.07 Å². The molecule has 0 aliphatic heterocycles. The van der Waals surface area contributed by atoms with Gasteiger partial charge in [-0.05, 0) is 43.0 Å². The molecule has 0 aliphatic carbocycles. The van der Waals surface area contributed by atoms with E-state index in [0.717, 1.165) is 16.7 Å². The van der Waals surface area contributed by atoms with Crippen molar-refractivity contribution >= 4 is 22.8 Å². The summed E-state index contributed by atoms with van der Waals surface area (Å²) >= 11 is 0. The van der Waals surface area contributed by atoms with Crippen molar-refractivity contribution in [3.63, 3.8) is 0 Å². The third-order valence-electron chi connectivity index (χ3n) is 8.33. The number of aryl methyl sites for hydroxylation is 1. The fourth-order valence-corrected chi connectivity index (χ4v) is 6.33. The van der Waals surface area contributed by atoms with E-state index in [1.165, 1.54) is 0 Å². The van der Waals surface area contributed by atoms with Crippen LogP contribution >= 0.6 is 0 Å². The van der Waals surface area contributed by atoms with Gasteiger partial charge in [0.15, 0.2) is 0 Å². The lowest BCUT2D eigenvalue weighted by atomic mass is 9.77. The van der Waals surface area contributed by atoms with Gasteiger partial charge in [-0.3, -0.25) is 5.32 Å². The number of carbonyl (C=O) groups excluding carboxylic acids is 1. The molecule has 2 heterocycles. The first-order valence-electron chi connectivity index (χ1n) is 15.3. The van der Waals surface area contributed by atoms with Crippen LogP contribution in [0.2, 0.25) is 0 Å². The normalized spacial score (nSPS) is 12.7. The molecule has 0 saturated carbocycles. The standard InChI is InChI=1S/C38H35F2N5O2/c1-25-32-30(24-31(41-25)42-36(46)43-34(37(2,3)47)26-16-8-4-9-17-26)45(44-33(32)35(39)40)38(27-18-10-5-11-19-27,28-20-12-6-13-21-28)29-22-14-7-15-23-29/h4-24,34-35,47H,1-3H3,(H2,41,42,43,46)/t34-/m0/s1. The van der Waals surface area contributed by atoms with Gasteiger partial charge in [0.1, 0.15) is 17.1 Å². The highest BCUT2D eigenvalue weighted by Gasteiger charge is 2.42. The molecule has 0 bridgehead atoms. The Hall–Kier alpha value is -5.41. The van der Waals surface area contributed by atoms with Crippen LogP contribution in [-0.4, -0.2) is 31.5 Å². The van der Waals surface area contributed by atoms with Crippen molar-refractivity contribution < 1.29 is 18.7 Å². The number of rotatable bonds is 9. The van der Waals surface area contributed by atoms with E-state index in [1.54, 1.807) is 31.5 Å². The van der Waals surface area contributed by atoms with Crippen LogP contribution in [0.25, 0.3) is 10.9 Å². The van der Waals surface area contributed by atoms with E-state index in [9.17, 15) is 18.7 Å². The molecule has 2 amide bonds. The van der Waals surface area contributed by atoms with Crippen LogP contribution in [0.15, 0.2) is 127 Å². The highest BCUT2D eigenvalue weighted by Crippen LogP contribution is 2.44. The predicted molar refractivity (Wildman–Crippen MR) is 179 cm³/mol. The maximum atomic E-state index is 14.8. The number of halogens is 2. The molecule has 2 aromatic heterocycles. The lowest BCUT2D eigenvalue weighted by molar-refractivity contribution is 0.0415. The van der Waals surface area contributed by atoms with Crippen molar-refractivity contribution in [3.05, 3.63) is 161 Å². The molecule has 238 valence electrons. The van der Waals surface area contributed by atoms with Gasteiger partial charge in [-0.15, -0.1) is 0 Å². The summed E-state index contributed by atoms with van der Waals surface area (Å²) < 4.78 is 31.2. The molecule has 6 aromatic rings. The number of aliphatic hydroxyl groups is 1. The largest absolute Gasteiger partial charge is 0.388 e. The Morgan fingerprint density at radius 1 is 0.787 bits per heavy atom. The van der Waals surface area contributed by atoms with Crippen molar-refractivity contribution in [1.82, 2.24) is 20.1 Å². The van der Waals surface area contributed by atoms with Gasteiger partial charge < -0.3 is 10.4 Å². The van der Waals surface area contributed by atoms with Crippen molar-refractivity contribution in [2.45, 2.75) is 44.4 Å². The first-order chi connectivity index (χ1) is 22.6. The Kier molecular flexibility index (Phi) is 8.58. The van der Waals surface area contributed by atoms with Crippen LogP contribution in [-0.2, 0) is 5.54 Å². The van der Waals surface area contributed by atoms with Crippen molar-refractivity contribution in [2.75, 3.05) is 5.32 Å². The van der Waals surface area contributed by atoms with Gasteiger partial charge in [0.05, 0.1) is 28.2 Å². The summed E-state index contributed by atoms with van der Waals surface area (Å²) in [7, 11) is 0. The van der Waals surface area contributed by atoms with E-state index in [1.807, 2.05) is 121 Å². The number of carbonyl (C=O) groups is 1. The minimum absolute atomic E-state index is 0.139. The molecule has 7 nitrogen and oxygen atoms in total. The summed E-state index contributed by atoms with van der Waals surface area (Å²) in [5.41, 5.74) is 0.901. The fourth-order valence-electron chi connectivity index (χ4n) is 6.33. The molecule has 3 N–H and O–H groups in total. The average Bonchev–Trinajstić information content (AvgIpc) is 3.46. The van der Waals surface area contributed by atoms with Crippen LogP contribution in [0.5, 0.6) is 0 Å². The van der Waals surface area contributed by atoms with Crippen LogP contribution in [0.4, 0.5) is 19.4 Å². The monoisotopic (exact) mass is 631 g/mol. The van der Waals surface area contributed by atoms with Gasteiger partial charge in [-0.2, -0.15) is 5.10 Å². The maximum Gasteiger partial charge on any atom is 0.320 e. The van der Waals surface area contributed by atoms with Crippen molar-refractivity contribution in [2.24, 2.45) is 0 Å². The highest BCUT2D eigenvalue weighted by atomic mass is 19.3. The number of hydrogen-bond acceptors (Lipinski definition) is 4. The number of nitrogens with one attached hydrogen (secondary N) is 2. The Bertz CT molecular complexity index is 1880. The number of benzene rings is 4. The van der Waals surface area contributed by atoms with Crippen LogP contribution in [0.1, 0.15) is 60.0 Å². The minimum Gasteiger partial charge on any atom is -0.388 e. The molecule has 0 fully saturated rings. The number of urea groups is 1. The van der Waals surface area contributed by atoms with E-state index >= 15 is 0 Å². The summed E-state index contributed by atoms with van der Waals surface area (Å²) in [6.45, 7) is 4.85. The predicted octanol–water partition coefficient (Wildman–Crippen LogP) is 8.15. The summed E-state index contributed by atoms with van der Waals surface area (Å²) in [5, 5.41) is 21.4. The molecular formula is C38H35F2N5O2. The third-order valence-corrected chi connectivity index (χ3v) is 8.33. The van der Waals surface area contributed by atoms with Gasteiger partial charge in [-0.25, -0.2) is 23.2 Å². The number of alkyl halides is 2. The molecule has 0 spiro atoms. The molecule has 0 saturated heterocycles. The highest BCUT2D eigenvalue weighted by molar-refractivity contribution is 5.93. The molecular weight excluding hydrogens is 596 g/mol. The van der Waals surface area contributed by atoms with Crippen LogP contribution in [0.3, 0.4) is 0 Å². The molecule has 1 atom stereocenters. The molecule has 0 aliphatic rings. The number of anilines is 1. The topological polar surface area (TPSA) is 92.1 Å². The molecule has 47 heavy (non-hydrogen) atoms. The number of hydrogen-bond donors (Lipinski definition) is 3. The van der Waals surface area contributed by atoms with Gasteiger partial charge >= 0.3 is 6.03 Å².